The molecule has 1 unspecified atom stereocenters. The first-order valence-electron chi connectivity index (χ1n) is 8.46. The maximum absolute atomic E-state index is 11.0. The third-order valence-electron chi connectivity index (χ3n) is 5.21. The zero-order chi connectivity index (χ0) is 14.9. The molecule has 2 heteroatoms. The molecule has 1 aliphatic heterocycles. The fourth-order valence-corrected chi connectivity index (χ4v) is 4.00. The van der Waals surface area contributed by atoms with Gasteiger partial charge in [-0.1, -0.05) is 36.4 Å². The maximum atomic E-state index is 11.0. The van der Waals surface area contributed by atoms with Crippen molar-refractivity contribution in [1.82, 2.24) is 0 Å². The lowest BCUT2D eigenvalue weighted by atomic mass is 9.83. The molecule has 0 fully saturated rings. The van der Waals surface area contributed by atoms with Gasteiger partial charge in [0.15, 0.2) is 0 Å². The Hall–Kier alpha value is -1.80. The lowest BCUT2D eigenvalue weighted by Crippen LogP contribution is -2.32. The van der Waals surface area contributed by atoms with Gasteiger partial charge < -0.3 is 10.4 Å². The number of benzene rings is 2. The highest BCUT2D eigenvalue weighted by Gasteiger charge is 2.27. The van der Waals surface area contributed by atoms with Crippen LogP contribution in [0, 0.1) is 0 Å². The SMILES string of the molecule is O[C@@H](c1cccc2c1CCCC2)C1CCc2ccccc2N1. The van der Waals surface area contributed by atoms with E-state index in [9.17, 15) is 5.11 Å². The van der Waals surface area contributed by atoms with Crippen molar-refractivity contribution in [3.8, 4) is 0 Å². The molecule has 2 N–H and O–H groups in total. The summed E-state index contributed by atoms with van der Waals surface area (Å²) in [6.07, 6.45) is 6.42. The summed E-state index contributed by atoms with van der Waals surface area (Å²) in [7, 11) is 0. The fourth-order valence-electron chi connectivity index (χ4n) is 4.00. The number of anilines is 1. The molecule has 2 atom stereocenters. The molecular formula is C20H23NO. The first-order chi connectivity index (χ1) is 10.8. The van der Waals surface area contributed by atoms with Crippen LogP contribution in [-0.4, -0.2) is 11.1 Å². The van der Waals surface area contributed by atoms with E-state index < -0.39 is 6.10 Å². The molecule has 0 saturated heterocycles. The van der Waals surface area contributed by atoms with Gasteiger partial charge in [0.25, 0.3) is 0 Å². The van der Waals surface area contributed by atoms with Gasteiger partial charge in [0.1, 0.15) is 0 Å². The highest BCUT2D eigenvalue weighted by Crippen LogP contribution is 2.34. The van der Waals surface area contributed by atoms with Crippen molar-refractivity contribution in [3.63, 3.8) is 0 Å². The fraction of sp³-hybridized carbons (Fsp3) is 0.400. The smallest absolute Gasteiger partial charge is 0.0993 e. The van der Waals surface area contributed by atoms with E-state index in [-0.39, 0.29) is 6.04 Å². The van der Waals surface area contributed by atoms with Crippen LogP contribution in [0.2, 0.25) is 0 Å². The molecule has 2 aromatic carbocycles. The Morgan fingerprint density at radius 2 is 1.73 bits per heavy atom. The van der Waals surface area contributed by atoms with E-state index in [2.05, 4.69) is 47.8 Å². The van der Waals surface area contributed by atoms with Gasteiger partial charge in [0.2, 0.25) is 0 Å². The van der Waals surface area contributed by atoms with Crippen LogP contribution in [0.5, 0.6) is 0 Å². The summed E-state index contributed by atoms with van der Waals surface area (Å²) >= 11 is 0. The summed E-state index contributed by atoms with van der Waals surface area (Å²) in [6, 6.07) is 15.0. The normalized spacial score (nSPS) is 21.4. The molecule has 1 aliphatic carbocycles. The Kier molecular flexibility index (Phi) is 3.63. The minimum absolute atomic E-state index is 0.114. The van der Waals surface area contributed by atoms with E-state index in [1.54, 1.807) is 0 Å². The van der Waals surface area contributed by atoms with Crippen molar-refractivity contribution in [2.75, 3.05) is 5.32 Å². The minimum Gasteiger partial charge on any atom is -0.386 e. The molecule has 1 heterocycles. The molecule has 0 saturated carbocycles. The first-order valence-corrected chi connectivity index (χ1v) is 8.46. The second kappa shape index (κ2) is 5.77. The van der Waals surface area contributed by atoms with Crippen molar-refractivity contribution in [3.05, 3.63) is 64.7 Å². The number of nitrogens with one attached hydrogen (secondary N) is 1. The van der Waals surface area contributed by atoms with Crippen LogP contribution in [0.15, 0.2) is 42.5 Å². The van der Waals surface area contributed by atoms with Gasteiger partial charge in [-0.25, -0.2) is 0 Å². The van der Waals surface area contributed by atoms with E-state index in [4.69, 9.17) is 0 Å². The Balaban J connectivity index is 1.62. The standard InChI is InChI=1S/C20H23NO/c22-20(17-10-5-8-14-6-1-3-9-16(14)17)19-13-12-15-7-2-4-11-18(15)21-19/h2,4-5,7-8,10-11,19-22H,1,3,6,9,12-13H2/t19?,20-/m0/s1. The van der Waals surface area contributed by atoms with Crippen LogP contribution >= 0.6 is 0 Å². The van der Waals surface area contributed by atoms with Crippen molar-refractivity contribution in [2.24, 2.45) is 0 Å². The average molecular weight is 293 g/mol. The van der Waals surface area contributed by atoms with Crippen molar-refractivity contribution in [1.29, 1.82) is 0 Å². The molecule has 2 nitrogen and oxygen atoms in total. The molecule has 2 aromatic rings. The molecule has 22 heavy (non-hydrogen) atoms. The van der Waals surface area contributed by atoms with Gasteiger partial charge in [-0.2, -0.15) is 0 Å². The number of rotatable bonds is 2. The van der Waals surface area contributed by atoms with Gasteiger partial charge in [-0.05, 0) is 66.8 Å². The number of para-hydroxylation sites is 1. The topological polar surface area (TPSA) is 32.3 Å². The van der Waals surface area contributed by atoms with Gasteiger partial charge >= 0.3 is 0 Å². The lowest BCUT2D eigenvalue weighted by molar-refractivity contribution is 0.147. The second-order valence-corrected chi connectivity index (χ2v) is 6.58. The van der Waals surface area contributed by atoms with Crippen LogP contribution in [0.25, 0.3) is 0 Å². The summed E-state index contributed by atoms with van der Waals surface area (Å²) in [5.74, 6) is 0. The second-order valence-electron chi connectivity index (χ2n) is 6.58. The molecule has 2 aliphatic rings. The highest BCUT2D eigenvalue weighted by atomic mass is 16.3. The largest absolute Gasteiger partial charge is 0.386 e. The zero-order valence-electron chi connectivity index (χ0n) is 12.9. The molecule has 0 aromatic heterocycles. The average Bonchev–Trinajstić information content (AvgIpc) is 2.60. The number of hydrogen-bond donors (Lipinski definition) is 2. The molecule has 114 valence electrons. The Morgan fingerprint density at radius 1 is 0.909 bits per heavy atom. The van der Waals surface area contributed by atoms with E-state index in [1.807, 2.05) is 0 Å². The quantitative estimate of drug-likeness (QED) is 0.876. The molecule has 0 spiro atoms. The van der Waals surface area contributed by atoms with Gasteiger partial charge in [0, 0.05) is 5.69 Å². The third-order valence-corrected chi connectivity index (χ3v) is 5.21. The number of hydrogen-bond acceptors (Lipinski definition) is 2. The lowest BCUT2D eigenvalue weighted by Gasteiger charge is -2.32. The van der Waals surface area contributed by atoms with Crippen molar-refractivity contribution < 1.29 is 5.11 Å². The number of aliphatic hydroxyl groups excluding tert-OH is 1. The molecule has 4 rings (SSSR count). The number of aryl methyl sites for hydroxylation is 2. The summed E-state index contributed by atoms with van der Waals surface area (Å²) in [5.41, 5.74) is 6.54. The predicted octanol–water partition coefficient (Wildman–Crippen LogP) is 4.03. The van der Waals surface area contributed by atoms with E-state index in [0.717, 1.165) is 31.2 Å². The van der Waals surface area contributed by atoms with Crippen LogP contribution in [0.4, 0.5) is 5.69 Å². The van der Waals surface area contributed by atoms with E-state index in [1.165, 1.54) is 35.2 Å². The highest BCUT2D eigenvalue weighted by molar-refractivity contribution is 5.54. The van der Waals surface area contributed by atoms with Crippen molar-refractivity contribution >= 4 is 5.69 Å². The van der Waals surface area contributed by atoms with Crippen LogP contribution in [0.1, 0.15) is 47.6 Å². The third kappa shape index (κ3) is 2.42. The summed E-state index contributed by atoms with van der Waals surface area (Å²) in [6.45, 7) is 0. The zero-order valence-corrected chi connectivity index (χ0v) is 12.9. The monoisotopic (exact) mass is 293 g/mol. The van der Waals surface area contributed by atoms with E-state index in [0.29, 0.717) is 0 Å². The van der Waals surface area contributed by atoms with Crippen LogP contribution < -0.4 is 5.32 Å². The van der Waals surface area contributed by atoms with Gasteiger partial charge in [-0.3, -0.25) is 0 Å². The van der Waals surface area contributed by atoms with Crippen molar-refractivity contribution in [2.45, 2.75) is 50.7 Å². The number of aliphatic hydroxyl groups is 1. The molecular weight excluding hydrogens is 270 g/mol. The summed E-state index contributed by atoms with van der Waals surface area (Å²) in [5, 5.41) is 14.5. The molecule has 0 amide bonds. The summed E-state index contributed by atoms with van der Waals surface area (Å²) < 4.78 is 0. The van der Waals surface area contributed by atoms with Crippen LogP contribution in [-0.2, 0) is 19.3 Å². The van der Waals surface area contributed by atoms with Crippen LogP contribution in [0.3, 0.4) is 0 Å². The van der Waals surface area contributed by atoms with Gasteiger partial charge in [-0.15, -0.1) is 0 Å². The minimum atomic E-state index is -0.415. The van der Waals surface area contributed by atoms with E-state index >= 15 is 0 Å². The summed E-state index contributed by atoms with van der Waals surface area (Å²) in [4.78, 5) is 0. The Labute approximate surface area is 132 Å². The predicted molar refractivity (Wildman–Crippen MR) is 90.2 cm³/mol. The molecule has 0 radical (unpaired) electrons. The van der Waals surface area contributed by atoms with Gasteiger partial charge in [0.05, 0.1) is 12.1 Å². The Bertz CT molecular complexity index is 679. The first kappa shape index (κ1) is 13.8. The maximum Gasteiger partial charge on any atom is 0.0993 e. The molecule has 0 bridgehead atoms. The number of fused-ring (bicyclic) bond motifs is 2. The Morgan fingerprint density at radius 3 is 2.68 bits per heavy atom.